The second-order valence-electron chi connectivity index (χ2n) is 6.39. The predicted molar refractivity (Wildman–Crippen MR) is 98.8 cm³/mol. The topological polar surface area (TPSA) is 57.6 Å². The summed E-state index contributed by atoms with van der Waals surface area (Å²) < 4.78 is 0. The maximum absolute atomic E-state index is 12.8. The molecule has 4 nitrogen and oxygen atoms in total. The number of anilines is 1. The van der Waals surface area contributed by atoms with Gasteiger partial charge in [-0.05, 0) is 61.2 Å². The number of amides is 1. The molecule has 0 saturated heterocycles. The molecule has 0 bridgehead atoms. The molecule has 0 radical (unpaired) electrons. The number of carboxylic acid groups (broad SMARTS) is 1. The highest BCUT2D eigenvalue weighted by Gasteiger charge is 2.29. The number of benzene rings is 2. The molecule has 1 aliphatic heterocycles. The highest BCUT2D eigenvalue weighted by Crippen LogP contribution is 2.31. The van der Waals surface area contributed by atoms with Gasteiger partial charge in [0.1, 0.15) is 0 Å². The number of aliphatic carboxylic acids is 1. The number of carbonyl (C=O) groups excluding carboxylic acids is 1. The van der Waals surface area contributed by atoms with E-state index in [4.69, 9.17) is 5.11 Å². The van der Waals surface area contributed by atoms with Crippen molar-refractivity contribution in [1.82, 2.24) is 0 Å². The Kier molecular flexibility index (Phi) is 4.45. The van der Waals surface area contributed by atoms with Crippen molar-refractivity contribution in [2.45, 2.75) is 33.2 Å². The third-order valence-corrected chi connectivity index (χ3v) is 4.88. The van der Waals surface area contributed by atoms with Crippen molar-refractivity contribution in [2.24, 2.45) is 0 Å². The second-order valence-corrected chi connectivity index (χ2v) is 6.39. The molecule has 1 aliphatic rings. The Bertz CT molecular complexity index is 865. The number of carbonyl (C=O) groups is 2. The number of carboxylic acids is 1. The van der Waals surface area contributed by atoms with Crippen LogP contribution in [0.15, 0.2) is 48.5 Å². The van der Waals surface area contributed by atoms with Crippen LogP contribution in [0.1, 0.15) is 53.7 Å². The minimum atomic E-state index is -0.857. The van der Waals surface area contributed by atoms with E-state index in [1.807, 2.05) is 50.3 Å². The molecule has 3 rings (SSSR count). The lowest BCUT2D eigenvalue weighted by molar-refractivity contribution is -0.138. The molecule has 0 aromatic heterocycles. The van der Waals surface area contributed by atoms with E-state index in [1.165, 1.54) is 0 Å². The largest absolute Gasteiger partial charge is 0.481 e. The van der Waals surface area contributed by atoms with Gasteiger partial charge in [-0.2, -0.15) is 0 Å². The summed E-state index contributed by atoms with van der Waals surface area (Å²) in [6.45, 7) is 6.20. The number of allylic oxidation sites excluding steroid dienone is 2. The van der Waals surface area contributed by atoms with Gasteiger partial charge in [-0.15, -0.1) is 0 Å². The summed E-state index contributed by atoms with van der Waals surface area (Å²) in [5.41, 5.74) is 5.46. The summed E-state index contributed by atoms with van der Waals surface area (Å²) in [5.74, 6) is -1.43. The molecule has 1 unspecified atom stereocenters. The first-order chi connectivity index (χ1) is 11.9. The average molecular weight is 335 g/mol. The molecule has 0 aliphatic carbocycles. The van der Waals surface area contributed by atoms with Gasteiger partial charge < -0.3 is 10.0 Å². The molecular formula is C21H21NO3. The molecule has 1 heterocycles. The highest BCUT2D eigenvalue weighted by molar-refractivity contribution is 6.10. The van der Waals surface area contributed by atoms with E-state index < -0.39 is 11.9 Å². The molecule has 0 spiro atoms. The predicted octanol–water partition coefficient (Wildman–Crippen LogP) is 4.46. The van der Waals surface area contributed by atoms with Crippen molar-refractivity contribution < 1.29 is 14.7 Å². The van der Waals surface area contributed by atoms with Crippen molar-refractivity contribution in [3.05, 3.63) is 70.8 Å². The summed E-state index contributed by atoms with van der Waals surface area (Å²) in [6.07, 6.45) is 2.03. The quantitative estimate of drug-likeness (QED) is 0.897. The van der Waals surface area contributed by atoms with Crippen LogP contribution < -0.4 is 4.90 Å². The third kappa shape index (κ3) is 3.07. The number of hydrogen-bond acceptors (Lipinski definition) is 2. The third-order valence-electron chi connectivity index (χ3n) is 4.88. The van der Waals surface area contributed by atoms with Gasteiger partial charge >= 0.3 is 5.97 Å². The Balaban J connectivity index is 1.88. The van der Waals surface area contributed by atoms with E-state index in [0.717, 1.165) is 33.5 Å². The van der Waals surface area contributed by atoms with Crippen molar-refractivity contribution in [1.29, 1.82) is 0 Å². The van der Waals surface area contributed by atoms with E-state index in [9.17, 15) is 9.59 Å². The van der Waals surface area contributed by atoms with Crippen molar-refractivity contribution in [2.75, 3.05) is 4.90 Å². The van der Waals surface area contributed by atoms with Gasteiger partial charge in [-0.1, -0.05) is 30.3 Å². The SMILES string of the molecule is C/C=C(\C)c1ccc2c(c1)C(=O)N(c1ccc(C(C)C(=O)O)cc1)C2. The van der Waals surface area contributed by atoms with Gasteiger partial charge in [0.25, 0.3) is 5.91 Å². The van der Waals surface area contributed by atoms with Crippen LogP contribution in [-0.2, 0) is 11.3 Å². The molecular weight excluding hydrogens is 314 g/mol. The molecule has 2 aromatic rings. The van der Waals surface area contributed by atoms with Crippen LogP contribution in [-0.4, -0.2) is 17.0 Å². The maximum atomic E-state index is 12.8. The Hall–Kier alpha value is -2.88. The Labute approximate surface area is 147 Å². The lowest BCUT2D eigenvalue weighted by atomic mass is 10.0. The van der Waals surface area contributed by atoms with E-state index in [1.54, 1.807) is 24.0 Å². The van der Waals surface area contributed by atoms with Crippen LogP contribution in [0.25, 0.3) is 5.57 Å². The van der Waals surface area contributed by atoms with Crippen molar-refractivity contribution in [3.63, 3.8) is 0 Å². The van der Waals surface area contributed by atoms with Gasteiger partial charge in [0.05, 0.1) is 12.5 Å². The van der Waals surface area contributed by atoms with Crippen LogP contribution in [0.3, 0.4) is 0 Å². The summed E-state index contributed by atoms with van der Waals surface area (Å²) >= 11 is 0. The zero-order valence-corrected chi connectivity index (χ0v) is 14.6. The molecule has 0 fully saturated rings. The zero-order chi connectivity index (χ0) is 18.1. The van der Waals surface area contributed by atoms with Gasteiger partial charge in [-0.25, -0.2) is 0 Å². The van der Waals surface area contributed by atoms with Gasteiger partial charge in [0.2, 0.25) is 0 Å². The maximum Gasteiger partial charge on any atom is 0.310 e. The lowest BCUT2D eigenvalue weighted by Gasteiger charge is -2.17. The average Bonchev–Trinajstić information content (AvgIpc) is 2.96. The van der Waals surface area contributed by atoms with Gasteiger partial charge in [0.15, 0.2) is 0 Å². The molecule has 25 heavy (non-hydrogen) atoms. The summed E-state index contributed by atoms with van der Waals surface area (Å²) in [5, 5.41) is 9.10. The van der Waals surface area contributed by atoms with Crippen LogP contribution in [0.2, 0.25) is 0 Å². The molecule has 1 amide bonds. The van der Waals surface area contributed by atoms with E-state index in [0.29, 0.717) is 6.54 Å². The fourth-order valence-corrected chi connectivity index (χ4v) is 3.01. The van der Waals surface area contributed by atoms with Crippen LogP contribution in [0.4, 0.5) is 5.69 Å². The summed E-state index contributed by atoms with van der Waals surface area (Å²) in [7, 11) is 0. The molecule has 128 valence electrons. The molecule has 1 N–H and O–H groups in total. The van der Waals surface area contributed by atoms with E-state index in [-0.39, 0.29) is 5.91 Å². The second kappa shape index (κ2) is 6.55. The van der Waals surface area contributed by atoms with Crippen molar-refractivity contribution >= 4 is 23.1 Å². The van der Waals surface area contributed by atoms with Crippen LogP contribution in [0.5, 0.6) is 0 Å². The fraction of sp³-hybridized carbons (Fsp3) is 0.238. The zero-order valence-electron chi connectivity index (χ0n) is 14.6. The first-order valence-corrected chi connectivity index (χ1v) is 8.33. The first kappa shape index (κ1) is 17.0. The summed E-state index contributed by atoms with van der Waals surface area (Å²) in [6, 6.07) is 13.2. The molecule has 4 heteroatoms. The van der Waals surface area contributed by atoms with Crippen molar-refractivity contribution in [3.8, 4) is 0 Å². The Morgan fingerprint density at radius 2 is 1.88 bits per heavy atom. The number of hydrogen-bond donors (Lipinski definition) is 1. The normalized spacial score (nSPS) is 15.2. The minimum absolute atomic E-state index is 0.0141. The Morgan fingerprint density at radius 3 is 2.48 bits per heavy atom. The van der Waals surface area contributed by atoms with E-state index in [2.05, 4.69) is 0 Å². The van der Waals surface area contributed by atoms with Crippen LogP contribution in [0, 0.1) is 0 Å². The fourth-order valence-electron chi connectivity index (χ4n) is 3.01. The number of nitrogens with zero attached hydrogens (tertiary/aromatic N) is 1. The lowest BCUT2D eigenvalue weighted by Crippen LogP contribution is -2.23. The first-order valence-electron chi connectivity index (χ1n) is 8.33. The van der Waals surface area contributed by atoms with Crippen LogP contribution >= 0.6 is 0 Å². The highest BCUT2D eigenvalue weighted by atomic mass is 16.4. The van der Waals surface area contributed by atoms with E-state index >= 15 is 0 Å². The monoisotopic (exact) mass is 335 g/mol. The summed E-state index contributed by atoms with van der Waals surface area (Å²) in [4.78, 5) is 25.6. The smallest absolute Gasteiger partial charge is 0.310 e. The molecule has 2 aromatic carbocycles. The molecule has 0 saturated carbocycles. The number of rotatable bonds is 4. The van der Waals surface area contributed by atoms with Gasteiger partial charge in [0, 0.05) is 11.3 Å². The Morgan fingerprint density at radius 1 is 1.20 bits per heavy atom. The standard InChI is InChI=1S/C21H21NO3/c1-4-13(2)16-5-6-17-12-22(20(23)19(17)11-16)18-9-7-15(8-10-18)14(3)21(24)25/h4-11,14H,12H2,1-3H3,(H,24,25)/b13-4+. The minimum Gasteiger partial charge on any atom is -0.481 e. The molecule has 1 atom stereocenters. The number of fused-ring (bicyclic) bond motifs is 1. The van der Waals surface area contributed by atoms with Gasteiger partial charge in [-0.3, -0.25) is 9.59 Å².